The molecule has 0 spiro atoms. The maximum Gasteiger partial charge on any atom is 0.270 e. The summed E-state index contributed by atoms with van der Waals surface area (Å²) in [7, 11) is 0. The van der Waals surface area contributed by atoms with E-state index >= 15 is 0 Å². The van der Waals surface area contributed by atoms with Gasteiger partial charge in [0.25, 0.3) is 11.8 Å². The predicted octanol–water partition coefficient (Wildman–Crippen LogP) is 6.27. The van der Waals surface area contributed by atoms with Crippen molar-refractivity contribution in [3.63, 3.8) is 0 Å². The highest BCUT2D eigenvalue weighted by Crippen LogP contribution is 2.29. The summed E-state index contributed by atoms with van der Waals surface area (Å²) in [4.78, 5) is 26.9. The van der Waals surface area contributed by atoms with Crippen LogP contribution in [0.3, 0.4) is 0 Å². The van der Waals surface area contributed by atoms with E-state index < -0.39 is 11.8 Å². The maximum absolute atomic E-state index is 13.1. The van der Waals surface area contributed by atoms with Gasteiger partial charge in [0.2, 0.25) is 0 Å². The third-order valence-electron chi connectivity index (χ3n) is 4.43. The molecule has 1 N–H and O–H groups in total. The lowest BCUT2D eigenvalue weighted by Gasteiger charge is -2.29. The molecule has 3 aromatic carbocycles. The van der Waals surface area contributed by atoms with Gasteiger partial charge in [-0.2, -0.15) is 0 Å². The smallest absolute Gasteiger partial charge is 0.270 e. The number of benzene rings is 3. The van der Waals surface area contributed by atoms with E-state index in [4.69, 9.17) is 51.8 Å². The standard InChI is InChI=1S/C23H13Cl3N2O3S/c24-14-4-6-17(7-5-14)28-22(30)20(21(29)27-23(28)32)9-13-2-1-3-18(8-13)31-19-11-15(25)10-16(26)12-19/h1-12H,(H,27,29,32)/b20-9+. The molecule has 0 atom stereocenters. The quantitative estimate of drug-likeness (QED) is 0.259. The van der Waals surface area contributed by atoms with Gasteiger partial charge in [-0.3, -0.25) is 19.8 Å². The molecule has 0 aromatic heterocycles. The number of nitrogens with one attached hydrogen (secondary N) is 1. The Morgan fingerprint density at radius 2 is 1.53 bits per heavy atom. The number of carbonyl (C=O) groups excluding carboxylic acids is 2. The number of thiocarbonyl (C=S) groups is 1. The van der Waals surface area contributed by atoms with Crippen LogP contribution in [0, 0.1) is 0 Å². The number of hydrogen-bond acceptors (Lipinski definition) is 4. The predicted molar refractivity (Wildman–Crippen MR) is 131 cm³/mol. The second-order valence-electron chi connectivity index (χ2n) is 6.71. The molecular formula is C23H13Cl3N2O3S. The second kappa shape index (κ2) is 9.30. The van der Waals surface area contributed by atoms with Crippen LogP contribution in [0.4, 0.5) is 5.69 Å². The third-order valence-corrected chi connectivity index (χ3v) is 5.40. The van der Waals surface area contributed by atoms with Crippen LogP contribution in [0.2, 0.25) is 15.1 Å². The Labute approximate surface area is 204 Å². The Kier molecular flexibility index (Phi) is 6.48. The van der Waals surface area contributed by atoms with Crippen LogP contribution in [0.5, 0.6) is 11.5 Å². The largest absolute Gasteiger partial charge is 0.457 e. The van der Waals surface area contributed by atoms with Crippen molar-refractivity contribution in [2.45, 2.75) is 0 Å². The molecule has 0 saturated carbocycles. The van der Waals surface area contributed by atoms with Gasteiger partial charge in [0.15, 0.2) is 5.11 Å². The maximum atomic E-state index is 13.1. The highest BCUT2D eigenvalue weighted by atomic mass is 35.5. The van der Waals surface area contributed by atoms with Crippen LogP contribution in [0.15, 0.2) is 72.3 Å². The van der Waals surface area contributed by atoms with Crippen LogP contribution in [0.25, 0.3) is 6.08 Å². The molecule has 1 saturated heterocycles. The average Bonchev–Trinajstić information content (AvgIpc) is 2.72. The number of halogens is 3. The molecule has 1 aliphatic rings. The Morgan fingerprint density at radius 1 is 0.844 bits per heavy atom. The summed E-state index contributed by atoms with van der Waals surface area (Å²) in [6.07, 6.45) is 1.47. The van der Waals surface area contributed by atoms with Gasteiger partial charge in [-0.25, -0.2) is 0 Å². The normalized spacial score (nSPS) is 15.2. The van der Waals surface area contributed by atoms with E-state index in [9.17, 15) is 9.59 Å². The van der Waals surface area contributed by atoms with E-state index in [2.05, 4.69) is 5.32 Å². The molecule has 0 radical (unpaired) electrons. The lowest BCUT2D eigenvalue weighted by atomic mass is 10.1. The number of nitrogens with zero attached hydrogens (tertiary/aromatic N) is 1. The summed E-state index contributed by atoms with van der Waals surface area (Å²) < 4.78 is 5.81. The fraction of sp³-hybridized carbons (Fsp3) is 0. The van der Waals surface area contributed by atoms with Gasteiger partial charge in [0.05, 0.1) is 5.69 Å². The molecule has 160 valence electrons. The van der Waals surface area contributed by atoms with Crippen molar-refractivity contribution >= 4 is 75.7 Å². The molecule has 0 aliphatic carbocycles. The number of anilines is 1. The Hall–Kier alpha value is -2.90. The Balaban J connectivity index is 1.64. The van der Waals surface area contributed by atoms with Crippen molar-refractivity contribution in [2.24, 2.45) is 0 Å². The van der Waals surface area contributed by atoms with Crippen LogP contribution in [-0.4, -0.2) is 16.9 Å². The number of hydrogen-bond donors (Lipinski definition) is 1. The first-order valence-electron chi connectivity index (χ1n) is 9.21. The summed E-state index contributed by atoms with van der Waals surface area (Å²) in [5.74, 6) is -0.198. The van der Waals surface area contributed by atoms with Crippen LogP contribution >= 0.6 is 47.0 Å². The van der Waals surface area contributed by atoms with Crippen molar-refractivity contribution in [2.75, 3.05) is 4.90 Å². The molecule has 1 aliphatic heterocycles. The summed E-state index contributed by atoms with van der Waals surface area (Å²) in [5, 5.41) is 3.93. The summed E-state index contributed by atoms with van der Waals surface area (Å²) in [6.45, 7) is 0. The molecule has 2 amide bonds. The van der Waals surface area contributed by atoms with Gasteiger partial charge in [0.1, 0.15) is 17.1 Å². The first-order valence-corrected chi connectivity index (χ1v) is 10.8. The van der Waals surface area contributed by atoms with E-state index in [1.165, 1.54) is 11.0 Å². The van der Waals surface area contributed by atoms with Gasteiger partial charge in [-0.15, -0.1) is 0 Å². The van der Waals surface area contributed by atoms with Gasteiger partial charge in [-0.1, -0.05) is 46.9 Å². The monoisotopic (exact) mass is 502 g/mol. The average molecular weight is 504 g/mol. The van der Waals surface area contributed by atoms with Gasteiger partial charge < -0.3 is 4.74 Å². The fourth-order valence-electron chi connectivity index (χ4n) is 3.04. The van der Waals surface area contributed by atoms with E-state index in [0.717, 1.165) is 0 Å². The topological polar surface area (TPSA) is 58.6 Å². The van der Waals surface area contributed by atoms with E-state index in [0.29, 0.717) is 37.8 Å². The van der Waals surface area contributed by atoms with Crippen LogP contribution in [0.1, 0.15) is 5.56 Å². The van der Waals surface area contributed by atoms with Crippen LogP contribution < -0.4 is 15.0 Å². The number of amides is 2. The molecule has 0 bridgehead atoms. The van der Waals surface area contributed by atoms with Gasteiger partial charge in [-0.05, 0) is 78.5 Å². The summed E-state index contributed by atoms with van der Waals surface area (Å²) >= 11 is 23.2. The van der Waals surface area contributed by atoms with Crippen molar-refractivity contribution < 1.29 is 14.3 Å². The highest BCUT2D eigenvalue weighted by Gasteiger charge is 2.34. The minimum absolute atomic E-state index is 0.00519. The molecular weight excluding hydrogens is 491 g/mol. The minimum atomic E-state index is -0.585. The van der Waals surface area contributed by atoms with Gasteiger partial charge in [0, 0.05) is 15.1 Å². The molecule has 5 nitrogen and oxygen atoms in total. The van der Waals surface area contributed by atoms with E-state index in [1.807, 2.05) is 0 Å². The Bertz CT molecular complexity index is 1260. The SMILES string of the molecule is O=C1NC(=S)N(c2ccc(Cl)cc2)C(=O)/C1=C/c1cccc(Oc2cc(Cl)cc(Cl)c2)c1. The molecule has 9 heteroatoms. The number of ether oxygens (including phenoxy) is 1. The third kappa shape index (κ3) is 4.95. The molecule has 1 fully saturated rings. The van der Waals surface area contributed by atoms with Crippen LogP contribution in [-0.2, 0) is 9.59 Å². The van der Waals surface area contributed by atoms with E-state index in [-0.39, 0.29) is 10.7 Å². The number of rotatable bonds is 4. The lowest BCUT2D eigenvalue weighted by Crippen LogP contribution is -2.54. The fourth-order valence-corrected chi connectivity index (χ4v) is 3.95. The summed E-state index contributed by atoms with van der Waals surface area (Å²) in [6, 6.07) is 18.3. The van der Waals surface area contributed by atoms with E-state index in [1.54, 1.807) is 66.7 Å². The van der Waals surface area contributed by atoms with Crippen molar-refractivity contribution in [1.82, 2.24) is 5.32 Å². The summed E-state index contributed by atoms with van der Waals surface area (Å²) in [5.41, 5.74) is 1.000. The van der Waals surface area contributed by atoms with Gasteiger partial charge >= 0.3 is 0 Å². The second-order valence-corrected chi connectivity index (χ2v) is 8.41. The number of carbonyl (C=O) groups is 2. The molecule has 3 aromatic rings. The molecule has 32 heavy (non-hydrogen) atoms. The molecule has 0 unspecified atom stereocenters. The van der Waals surface area contributed by atoms with Crippen molar-refractivity contribution in [1.29, 1.82) is 0 Å². The zero-order valence-electron chi connectivity index (χ0n) is 16.1. The highest BCUT2D eigenvalue weighted by molar-refractivity contribution is 7.80. The lowest BCUT2D eigenvalue weighted by molar-refractivity contribution is -0.122. The first kappa shape index (κ1) is 22.3. The molecule has 1 heterocycles. The zero-order chi connectivity index (χ0) is 22.8. The van der Waals surface area contributed by atoms with Crippen molar-refractivity contribution in [3.05, 3.63) is 92.9 Å². The Morgan fingerprint density at radius 3 is 2.22 bits per heavy atom. The first-order chi connectivity index (χ1) is 15.3. The zero-order valence-corrected chi connectivity index (χ0v) is 19.2. The molecule has 4 rings (SSSR count). The minimum Gasteiger partial charge on any atom is -0.457 e. The van der Waals surface area contributed by atoms with Crippen molar-refractivity contribution in [3.8, 4) is 11.5 Å².